The fourth-order valence-electron chi connectivity index (χ4n) is 2.54. The highest BCUT2D eigenvalue weighted by atomic mass is 32.1. The molecule has 2 aromatic rings. The first-order valence-corrected chi connectivity index (χ1v) is 7.42. The maximum absolute atomic E-state index is 11.9. The molecule has 1 aliphatic heterocycles. The lowest BCUT2D eigenvalue weighted by atomic mass is 9.97. The molecule has 0 spiro atoms. The second-order valence-electron chi connectivity index (χ2n) is 5.03. The summed E-state index contributed by atoms with van der Waals surface area (Å²) in [4.78, 5) is 30.1. The topological polar surface area (TPSA) is 74.9 Å². The number of nitrogens with zero attached hydrogens (tertiary/aromatic N) is 3. The average Bonchev–Trinajstić information content (AvgIpc) is 2.88. The van der Waals surface area contributed by atoms with E-state index in [2.05, 4.69) is 9.88 Å². The molecule has 0 saturated carbocycles. The van der Waals surface area contributed by atoms with Gasteiger partial charge in [0.05, 0.1) is 11.6 Å². The number of rotatable bonds is 3. The van der Waals surface area contributed by atoms with Gasteiger partial charge in [-0.1, -0.05) is 0 Å². The highest BCUT2D eigenvalue weighted by Crippen LogP contribution is 2.18. The van der Waals surface area contributed by atoms with Crippen molar-refractivity contribution in [3.05, 3.63) is 33.7 Å². The van der Waals surface area contributed by atoms with Crippen molar-refractivity contribution in [3.63, 3.8) is 0 Å². The number of likely N-dealkylation sites (tertiary alicyclic amines) is 1. The summed E-state index contributed by atoms with van der Waals surface area (Å²) in [6.45, 7) is 2.08. The number of thiazole rings is 1. The number of aliphatic carboxylic acids is 1. The van der Waals surface area contributed by atoms with Crippen molar-refractivity contribution in [1.29, 1.82) is 0 Å². The van der Waals surface area contributed by atoms with Gasteiger partial charge in [-0.2, -0.15) is 0 Å². The molecule has 0 bridgehead atoms. The first kappa shape index (κ1) is 13.3. The molecule has 20 heavy (non-hydrogen) atoms. The summed E-state index contributed by atoms with van der Waals surface area (Å²) >= 11 is 1.44. The Bertz CT molecular complexity index is 685. The number of carboxylic acid groups (broad SMARTS) is 1. The van der Waals surface area contributed by atoms with Crippen molar-refractivity contribution >= 4 is 22.3 Å². The third kappa shape index (κ3) is 2.59. The van der Waals surface area contributed by atoms with E-state index in [-0.39, 0.29) is 11.5 Å². The fraction of sp³-hybridized carbons (Fsp3) is 0.462. The Morgan fingerprint density at radius 2 is 2.20 bits per heavy atom. The van der Waals surface area contributed by atoms with Gasteiger partial charge in [0.25, 0.3) is 5.56 Å². The predicted molar refractivity (Wildman–Crippen MR) is 75.0 cm³/mol. The van der Waals surface area contributed by atoms with Crippen LogP contribution in [0.25, 0.3) is 4.96 Å². The van der Waals surface area contributed by atoms with Crippen LogP contribution in [0.15, 0.2) is 22.4 Å². The van der Waals surface area contributed by atoms with Crippen LogP contribution in [-0.2, 0) is 11.3 Å². The van der Waals surface area contributed by atoms with E-state index in [1.54, 1.807) is 12.3 Å². The molecule has 106 valence electrons. The van der Waals surface area contributed by atoms with Gasteiger partial charge in [-0.15, -0.1) is 11.3 Å². The summed E-state index contributed by atoms with van der Waals surface area (Å²) in [6.07, 6.45) is 3.04. The first-order valence-electron chi connectivity index (χ1n) is 6.54. The second kappa shape index (κ2) is 5.34. The Kier molecular flexibility index (Phi) is 3.54. The van der Waals surface area contributed by atoms with E-state index in [1.165, 1.54) is 15.7 Å². The van der Waals surface area contributed by atoms with Gasteiger partial charge in [0, 0.05) is 24.2 Å². The maximum atomic E-state index is 11.9. The van der Waals surface area contributed by atoms with Gasteiger partial charge in [0.1, 0.15) is 0 Å². The molecule has 1 aliphatic rings. The maximum Gasteiger partial charge on any atom is 0.306 e. The molecule has 6 nitrogen and oxygen atoms in total. The van der Waals surface area contributed by atoms with Gasteiger partial charge in [-0.05, 0) is 25.9 Å². The number of hydrogen-bond donors (Lipinski definition) is 1. The summed E-state index contributed by atoms with van der Waals surface area (Å²) in [5, 5.41) is 10.8. The number of fused-ring (bicyclic) bond motifs is 1. The van der Waals surface area contributed by atoms with Gasteiger partial charge in [0.2, 0.25) is 0 Å². The summed E-state index contributed by atoms with van der Waals surface area (Å²) in [6, 6.07) is 1.56. The van der Waals surface area contributed by atoms with Crippen molar-refractivity contribution < 1.29 is 9.90 Å². The fourth-order valence-corrected chi connectivity index (χ4v) is 3.27. The van der Waals surface area contributed by atoms with E-state index in [4.69, 9.17) is 5.11 Å². The largest absolute Gasteiger partial charge is 0.481 e. The van der Waals surface area contributed by atoms with Gasteiger partial charge >= 0.3 is 5.97 Å². The summed E-state index contributed by atoms with van der Waals surface area (Å²) in [5.74, 6) is -0.939. The number of hydrogen-bond acceptors (Lipinski definition) is 5. The molecule has 1 N–H and O–H groups in total. The summed E-state index contributed by atoms with van der Waals surface area (Å²) in [5.41, 5.74) is 0.692. The van der Waals surface area contributed by atoms with Crippen LogP contribution >= 0.6 is 11.3 Å². The van der Waals surface area contributed by atoms with Crippen LogP contribution in [0.3, 0.4) is 0 Å². The monoisotopic (exact) mass is 293 g/mol. The van der Waals surface area contributed by atoms with Crippen LogP contribution in [-0.4, -0.2) is 38.4 Å². The lowest BCUT2D eigenvalue weighted by molar-refractivity contribution is -0.143. The van der Waals surface area contributed by atoms with E-state index in [0.717, 1.165) is 18.8 Å². The van der Waals surface area contributed by atoms with E-state index >= 15 is 0 Å². The van der Waals surface area contributed by atoms with E-state index < -0.39 is 5.97 Å². The first-order chi connectivity index (χ1) is 9.63. The highest BCUT2D eigenvalue weighted by molar-refractivity contribution is 7.15. The van der Waals surface area contributed by atoms with Gasteiger partial charge in [-0.3, -0.25) is 18.9 Å². The molecule has 1 fully saturated rings. The van der Waals surface area contributed by atoms with E-state index in [1.807, 2.05) is 5.38 Å². The zero-order chi connectivity index (χ0) is 14.1. The molecule has 3 rings (SSSR count). The zero-order valence-corrected chi connectivity index (χ0v) is 11.7. The zero-order valence-electron chi connectivity index (χ0n) is 10.9. The molecule has 7 heteroatoms. The SMILES string of the molecule is O=C(O)C1CCN(Cc2cc(=O)n3ccsc3n2)CC1. The molecule has 2 aromatic heterocycles. The molecule has 1 saturated heterocycles. The number of carbonyl (C=O) groups is 1. The minimum absolute atomic E-state index is 0.0633. The summed E-state index contributed by atoms with van der Waals surface area (Å²) in [7, 11) is 0. The normalized spacial score (nSPS) is 17.6. The van der Waals surface area contributed by atoms with Crippen molar-refractivity contribution in [3.8, 4) is 0 Å². The summed E-state index contributed by atoms with van der Waals surface area (Å²) < 4.78 is 1.53. The predicted octanol–water partition coefficient (Wildman–Crippen LogP) is 1.05. The highest BCUT2D eigenvalue weighted by Gasteiger charge is 2.24. The number of aromatic nitrogens is 2. The van der Waals surface area contributed by atoms with Crippen LogP contribution in [0.5, 0.6) is 0 Å². The Balaban J connectivity index is 1.71. The molecule has 0 amide bonds. The molecule has 3 heterocycles. The van der Waals surface area contributed by atoms with Crippen molar-refractivity contribution in [1.82, 2.24) is 14.3 Å². The minimum atomic E-state index is -0.707. The van der Waals surface area contributed by atoms with Gasteiger partial charge in [-0.25, -0.2) is 4.98 Å². The van der Waals surface area contributed by atoms with Crippen LogP contribution in [0.1, 0.15) is 18.5 Å². The van der Waals surface area contributed by atoms with Gasteiger partial charge in [0.15, 0.2) is 4.96 Å². The van der Waals surface area contributed by atoms with Crippen LogP contribution < -0.4 is 5.56 Å². The average molecular weight is 293 g/mol. The van der Waals surface area contributed by atoms with Gasteiger partial charge < -0.3 is 5.11 Å². The van der Waals surface area contributed by atoms with E-state index in [9.17, 15) is 9.59 Å². The number of carboxylic acids is 1. The smallest absolute Gasteiger partial charge is 0.306 e. The minimum Gasteiger partial charge on any atom is -0.481 e. The molecule has 0 radical (unpaired) electrons. The van der Waals surface area contributed by atoms with Crippen LogP contribution in [0.2, 0.25) is 0 Å². The third-order valence-electron chi connectivity index (χ3n) is 3.68. The molecule has 0 aromatic carbocycles. The Hall–Kier alpha value is -1.73. The quantitative estimate of drug-likeness (QED) is 0.915. The number of piperidine rings is 1. The lowest BCUT2D eigenvalue weighted by Crippen LogP contribution is -2.36. The molecule has 0 unspecified atom stereocenters. The Morgan fingerprint density at radius 1 is 1.45 bits per heavy atom. The molecule has 0 aliphatic carbocycles. The lowest BCUT2D eigenvalue weighted by Gasteiger charge is -2.29. The second-order valence-corrected chi connectivity index (χ2v) is 5.90. The molecular formula is C13H15N3O3S. The Labute approximate surface area is 119 Å². The molecule has 0 atom stereocenters. The van der Waals surface area contributed by atoms with Crippen molar-refractivity contribution in [2.75, 3.05) is 13.1 Å². The molecular weight excluding hydrogens is 278 g/mol. The van der Waals surface area contributed by atoms with E-state index in [0.29, 0.717) is 24.3 Å². The third-order valence-corrected chi connectivity index (χ3v) is 4.44. The van der Waals surface area contributed by atoms with Crippen molar-refractivity contribution in [2.45, 2.75) is 19.4 Å². The van der Waals surface area contributed by atoms with Crippen LogP contribution in [0.4, 0.5) is 0 Å². The Morgan fingerprint density at radius 3 is 2.90 bits per heavy atom. The standard InChI is InChI=1S/C13H15N3O3S/c17-11-7-10(14-13-16(11)5-6-20-13)8-15-3-1-9(2-4-15)12(18)19/h5-7,9H,1-4,8H2,(H,18,19). The van der Waals surface area contributed by atoms with Crippen molar-refractivity contribution in [2.24, 2.45) is 5.92 Å². The van der Waals surface area contributed by atoms with Crippen LogP contribution in [0, 0.1) is 5.92 Å².